The van der Waals surface area contributed by atoms with E-state index in [-0.39, 0.29) is 24.1 Å². The van der Waals surface area contributed by atoms with Gasteiger partial charge < -0.3 is 30.3 Å². The molecule has 0 aromatic carbocycles. The molecule has 2 aromatic rings. The summed E-state index contributed by atoms with van der Waals surface area (Å²) in [5, 5.41) is 17.2. The number of aliphatic hydroxyl groups is 1. The number of amides is 1. The number of pyridine rings is 2. The van der Waals surface area contributed by atoms with Gasteiger partial charge >= 0.3 is 0 Å². The summed E-state index contributed by atoms with van der Waals surface area (Å²) in [6.45, 7) is 3.68. The molecule has 10 nitrogen and oxygen atoms in total. The lowest BCUT2D eigenvalue weighted by molar-refractivity contribution is -0.118. The Morgan fingerprint density at radius 3 is 2.91 bits per heavy atom. The number of anilines is 2. The zero-order valence-corrected chi connectivity index (χ0v) is 19.9. The molecular weight excluding hydrogens is 472 g/mol. The summed E-state index contributed by atoms with van der Waals surface area (Å²) >= 11 is 6.38. The normalized spacial score (nSPS) is 23.6. The van der Waals surface area contributed by atoms with Gasteiger partial charge in [-0.3, -0.25) is 14.2 Å². The fourth-order valence-corrected chi connectivity index (χ4v) is 5.62. The van der Waals surface area contributed by atoms with Crippen molar-refractivity contribution in [1.29, 1.82) is 0 Å². The third-order valence-corrected chi connectivity index (χ3v) is 7.51. The van der Waals surface area contributed by atoms with E-state index in [9.17, 15) is 14.7 Å². The van der Waals surface area contributed by atoms with Crippen LogP contribution >= 0.6 is 11.6 Å². The predicted octanol–water partition coefficient (Wildman–Crippen LogP) is 1.19. The molecule has 11 heteroatoms. The van der Waals surface area contributed by atoms with Gasteiger partial charge in [0.15, 0.2) is 18.2 Å². The Labute approximate surface area is 207 Å². The molecule has 6 rings (SSSR count). The molecule has 0 bridgehead atoms. The van der Waals surface area contributed by atoms with Gasteiger partial charge in [0, 0.05) is 43.4 Å². The molecule has 6 heterocycles. The molecule has 184 valence electrons. The Morgan fingerprint density at radius 2 is 2.09 bits per heavy atom. The number of halogens is 1. The van der Waals surface area contributed by atoms with E-state index in [0.717, 1.165) is 43.9 Å². The Kier molecular flexibility index (Phi) is 5.76. The van der Waals surface area contributed by atoms with E-state index in [1.807, 2.05) is 21.6 Å². The zero-order chi connectivity index (χ0) is 24.1. The van der Waals surface area contributed by atoms with Crippen LogP contribution in [0.3, 0.4) is 0 Å². The second-order valence-electron chi connectivity index (χ2n) is 9.46. The van der Waals surface area contributed by atoms with E-state index in [1.54, 1.807) is 18.2 Å². The maximum Gasteiger partial charge on any atom is 0.263 e. The Balaban J connectivity index is 1.06. The van der Waals surface area contributed by atoms with Gasteiger partial charge in [0.2, 0.25) is 0 Å². The van der Waals surface area contributed by atoms with Crippen LogP contribution in [0.4, 0.5) is 11.6 Å². The van der Waals surface area contributed by atoms with Crippen LogP contribution in [0.5, 0.6) is 5.75 Å². The van der Waals surface area contributed by atoms with Crippen LogP contribution in [0.25, 0.3) is 6.08 Å². The SMILES string of the molecule is O=C1COc2cc(Cl)c(CNC3CCN(C[C@@H]4CN5c6c(ccc(=O)n64)C=CC5O)CC3)nc2N1. The minimum absolute atomic E-state index is 0.00689. The van der Waals surface area contributed by atoms with E-state index in [4.69, 9.17) is 16.3 Å². The van der Waals surface area contributed by atoms with Crippen LogP contribution in [0.1, 0.15) is 30.1 Å². The minimum Gasteiger partial charge on any atom is -0.480 e. The number of ether oxygens (including phenoxy) is 1. The van der Waals surface area contributed by atoms with Crippen molar-refractivity contribution in [3.05, 3.63) is 50.9 Å². The molecule has 4 aliphatic heterocycles. The van der Waals surface area contributed by atoms with Crippen molar-refractivity contribution in [3.8, 4) is 5.75 Å². The van der Waals surface area contributed by atoms with Gasteiger partial charge in [-0.05, 0) is 38.1 Å². The Bertz CT molecular complexity index is 1260. The van der Waals surface area contributed by atoms with Crippen molar-refractivity contribution in [1.82, 2.24) is 19.8 Å². The number of hydrogen-bond donors (Lipinski definition) is 3. The highest BCUT2D eigenvalue weighted by atomic mass is 35.5. The first-order valence-electron chi connectivity index (χ1n) is 11.9. The van der Waals surface area contributed by atoms with Gasteiger partial charge in [0.05, 0.1) is 16.8 Å². The van der Waals surface area contributed by atoms with E-state index in [1.165, 1.54) is 0 Å². The first-order valence-corrected chi connectivity index (χ1v) is 12.3. The number of fused-ring (bicyclic) bond motifs is 1. The Hall–Kier alpha value is -2.92. The molecule has 3 N–H and O–H groups in total. The van der Waals surface area contributed by atoms with Crippen LogP contribution < -0.4 is 25.8 Å². The van der Waals surface area contributed by atoms with Crippen LogP contribution in [-0.4, -0.2) is 70.5 Å². The van der Waals surface area contributed by atoms with Crippen LogP contribution in [0.15, 0.2) is 29.1 Å². The van der Waals surface area contributed by atoms with Gasteiger partial charge in [0.1, 0.15) is 12.0 Å². The van der Waals surface area contributed by atoms with Gasteiger partial charge in [-0.25, -0.2) is 4.98 Å². The summed E-state index contributed by atoms with van der Waals surface area (Å²) < 4.78 is 7.21. The van der Waals surface area contributed by atoms with Crippen molar-refractivity contribution >= 4 is 35.2 Å². The monoisotopic (exact) mass is 498 g/mol. The number of aliphatic hydroxyl groups excluding tert-OH is 1. The molecule has 1 fully saturated rings. The maximum atomic E-state index is 12.7. The number of piperidine rings is 1. The third-order valence-electron chi connectivity index (χ3n) is 7.19. The van der Waals surface area contributed by atoms with Gasteiger partial charge in [-0.2, -0.15) is 0 Å². The fourth-order valence-electron chi connectivity index (χ4n) is 5.41. The summed E-state index contributed by atoms with van der Waals surface area (Å²) in [4.78, 5) is 33.0. The van der Waals surface area contributed by atoms with Crippen LogP contribution in [0.2, 0.25) is 5.02 Å². The molecule has 4 aliphatic rings. The summed E-state index contributed by atoms with van der Waals surface area (Å²) in [5.41, 5.74) is 1.63. The molecule has 35 heavy (non-hydrogen) atoms. The number of likely N-dealkylation sites (tertiary alicyclic amines) is 1. The first-order chi connectivity index (χ1) is 17.0. The van der Waals surface area contributed by atoms with Crippen LogP contribution in [0, 0.1) is 0 Å². The molecule has 1 saturated heterocycles. The highest BCUT2D eigenvalue weighted by Gasteiger charge is 2.36. The number of carbonyl (C=O) groups excluding carboxylic acids is 1. The molecular formula is C24H27ClN6O4. The minimum atomic E-state index is -0.695. The lowest BCUT2D eigenvalue weighted by Gasteiger charge is -2.34. The second-order valence-corrected chi connectivity index (χ2v) is 9.86. The quantitative estimate of drug-likeness (QED) is 0.563. The molecule has 0 saturated carbocycles. The highest BCUT2D eigenvalue weighted by Crippen LogP contribution is 2.36. The fraction of sp³-hybridized carbons (Fsp3) is 0.458. The number of nitrogens with one attached hydrogen (secondary N) is 2. The van der Waals surface area contributed by atoms with Crippen molar-refractivity contribution in [2.24, 2.45) is 0 Å². The standard InChI is InChI=1S/C24H27ClN6O4/c25-17-9-19-23(28-20(32)13-35-19)27-18(17)10-26-15-5-7-29(8-6-15)11-16-12-30-21(33)3-1-14-2-4-22(34)31(16)24(14)30/h1-4,9,15-16,21,26,33H,5-8,10-13H2,(H,27,28,32)/t16-,21?/m1/s1. The molecule has 1 amide bonds. The number of aromatic nitrogens is 2. The predicted molar refractivity (Wildman–Crippen MR) is 132 cm³/mol. The second kappa shape index (κ2) is 8.94. The average molecular weight is 499 g/mol. The lowest BCUT2D eigenvalue weighted by Crippen LogP contribution is -2.45. The van der Waals surface area contributed by atoms with E-state index in [2.05, 4.69) is 20.5 Å². The maximum absolute atomic E-state index is 12.7. The van der Waals surface area contributed by atoms with Crippen molar-refractivity contribution < 1.29 is 14.6 Å². The molecule has 0 aliphatic carbocycles. The first kappa shape index (κ1) is 22.5. The van der Waals surface area contributed by atoms with E-state index >= 15 is 0 Å². The summed E-state index contributed by atoms with van der Waals surface area (Å²) in [6.07, 6.45) is 4.88. The molecule has 2 aromatic heterocycles. The van der Waals surface area contributed by atoms with Gasteiger partial charge in [0.25, 0.3) is 11.5 Å². The zero-order valence-electron chi connectivity index (χ0n) is 19.1. The van der Waals surface area contributed by atoms with Crippen molar-refractivity contribution in [3.63, 3.8) is 0 Å². The van der Waals surface area contributed by atoms with E-state index in [0.29, 0.717) is 41.4 Å². The summed E-state index contributed by atoms with van der Waals surface area (Å²) in [6, 6.07) is 5.47. The number of nitrogens with zero attached hydrogens (tertiary/aromatic N) is 4. The molecule has 2 atom stereocenters. The van der Waals surface area contributed by atoms with Gasteiger partial charge in [-0.1, -0.05) is 17.7 Å². The van der Waals surface area contributed by atoms with Crippen molar-refractivity contribution in [2.75, 3.05) is 43.0 Å². The molecule has 1 unspecified atom stereocenters. The topological polar surface area (TPSA) is 112 Å². The Morgan fingerprint density at radius 1 is 1.26 bits per heavy atom. The van der Waals surface area contributed by atoms with Crippen molar-refractivity contribution in [2.45, 2.75) is 37.7 Å². The highest BCUT2D eigenvalue weighted by molar-refractivity contribution is 6.31. The number of carbonyl (C=O) groups is 1. The summed E-state index contributed by atoms with van der Waals surface area (Å²) in [7, 11) is 0. The average Bonchev–Trinajstić information content (AvgIpc) is 3.24. The smallest absolute Gasteiger partial charge is 0.263 e. The molecule has 0 spiro atoms. The van der Waals surface area contributed by atoms with E-state index < -0.39 is 6.23 Å². The third kappa shape index (κ3) is 4.20. The van der Waals surface area contributed by atoms with Gasteiger partial charge in [-0.15, -0.1) is 0 Å². The number of hydrogen-bond acceptors (Lipinski definition) is 8. The van der Waals surface area contributed by atoms with Crippen LogP contribution in [-0.2, 0) is 11.3 Å². The summed E-state index contributed by atoms with van der Waals surface area (Å²) in [5.74, 6) is 1.50. The number of rotatable bonds is 5. The largest absolute Gasteiger partial charge is 0.480 e. The lowest BCUT2D eigenvalue weighted by atomic mass is 10.0. The molecule has 0 radical (unpaired) electrons.